The minimum Gasteiger partial charge on any atom is -0.360 e. The van der Waals surface area contributed by atoms with E-state index in [9.17, 15) is 9.59 Å². The second-order valence-electron chi connectivity index (χ2n) is 6.14. The first-order valence-corrected chi connectivity index (χ1v) is 8.98. The van der Waals surface area contributed by atoms with E-state index in [0.717, 1.165) is 36.8 Å². The Morgan fingerprint density at radius 3 is 2.62 bits per heavy atom. The molecule has 1 amide bonds. The van der Waals surface area contributed by atoms with Crippen molar-refractivity contribution in [3.63, 3.8) is 0 Å². The molecule has 2 aromatic rings. The van der Waals surface area contributed by atoms with Gasteiger partial charge in [-0.3, -0.25) is 14.5 Å². The minimum atomic E-state index is 0.00692. The first-order valence-electron chi connectivity index (χ1n) is 8.10. The van der Waals surface area contributed by atoms with E-state index < -0.39 is 0 Å². The van der Waals surface area contributed by atoms with Crippen molar-refractivity contribution in [2.45, 2.75) is 33.4 Å². The first kappa shape index (κ1) is 16.9. The van der Waals surface area contributed by atoms with E-state index in [4.69, 9.17) is 4.52 Å². The van der Waals surface area contributed by atoms with Gasteiger partial charge in [-0.1, -0.05) is 16.5 Å². The summed E-state index contributed by atoms with van der Waals surface area (Å²) in [4.78, 5) is 28.2. The Kier molecular flexibility index (Phi) is 5.15. The molecule has 3 heterocycles. The summed E-state index contributed by atoms with van der Waals surface area (Å²) in [7, 11) is 0. The molecule has 3 rings (SSSR count). The van der Waals surface area contributed by atoms with Gasteiger partial charge in [0.25, 0.3) is 0 Å². The Bertz CT molecular complexity index is 755. The van der Waals surface area contributed by atoms with Crippen LogP contribution in [0, 0.1) is 13.8 Å². The molecule has 2 aromatic heterocycles. The number of hydrogen-bond acceptors (Lipinski definition) is 6. The van der Waals surface area contributed by atoms with Crippen LogP contribution in [0.25, 0.3) is 0 Å². The van der Waals surface area contributed by atoms with Gasteiger partial charge >= 0.3 is 4.87 Å². The van der Waals surface area contributed by atoms with Gasteiger partial charge in [0.05, 0.1) is 12.2 Å². The molecule has 0 radical (unpaired) electrons. The molecule has 0 spiro atoms. The van der Waals surface area contributed by atoms with Crippen molar-refractivity contribution in [2.75, 3.05) is 26.2 Å². The lowest BCUT2D eigenvalue weighted by atomic mass is 10.2. The van der Waals surface area contributed by atoms with Gasteiger partial charge in [-0.05, 0) is 13.8 Å². The Hall–Kier alpha value is -1.93. The van der Waals surface area contributed by atoms with Gasteiger partial charge < -0.3 is 14.0 Å². The molecule has 7 nitrogen and oxygen atoms in total. The fourth-order valence-electron chi connectivity index (χ4n) is 2.91. The summed E-state index contributed by atoms with van der Waals surface area (Å²) in [6.07, 6.45) is 0.374. The normalized spacial score (nSPS) is 15.8. The summed E-state index contributed by atoms with van der Waals surface area (Å²) in [6.45, 7) is 8.06. The lowest BCUT2D eigenvalue weighted by Gasteiger charge is -2.34. The number of hydrogen-bond donors (Lipinski definition) is 0. The van der Waals surface area contributed by atoms with E-state index in [0.29, 0.717) is 26.1 Å². The molecule has 0 unspecified atom stereocenters. The lowest BCUT2D eigenvalue weighted by Crippen LogP contribution is -2.48. The minimum absolute atomic E-state index is 0.00692. The maximum Gasteiger partial charge on any atom is 0.307 e. The summed E-state index contributed by atoms with van der Waals surface area (Å²) in [6, 6.07) is 1.94. The lowest BCUT2D eigenvalue weighted by molar-refractivity contribution is -0.133. The number of rotatable bonds is 5. The number of aromatic nitrogens is 2. The van der Waals surface area contributed by atoms with Crippen molar-refractivity contribution < 1.29 is 9.32 Å². The van der Waals surface area contributed by atoms with Crippen LogP contribution in [0.1, 0.15) is 23.6 Å². The number of carbonyl (C=O) groups excluding carboxylic acids is 1. The van der Waals surface area contributed by atoms with Crippen LogP contribution in [0.5, 0.6) is 0 Å². The van der Waals surface area contributed by atoms with Gasteiger partial charge in [0.1, 0.15) is 0 Å². The first-order chi connectivity index (χ1) is 11.5. The summed E-state index contributed by atoms with van der Waals surface area (Å²) in [5.74, 6) is 0.974. The average Bonchev–Trinajstić information content (AvgIpc) is 3.12. The van der Waals surface area contributed by atoms with Crippen LogP contribution in [0.3, 0.4) is 0 Å². The number of thiazole rings is 1. The topological polar surface area (TPSA) is 71.6 Å². The van der Waals surface area contributed by atoms with Crippen LogP contribution < -0.4 is 4.87 Å². The number of nitrogens with zero attached hydrogens (tertiary/aromatic N) is 4. The van der Waals surface area contributed by atoms with E-state index >= 15 is 0 Å². The highest BCUT2D eigenvalue weighted by Crippen LogP contribution is 2.11. The molecule has 0 saturated carbocycles. The van der Waals surface area contributed by atoms with Gasteiger partial charge in [-0.25, -0.2) is 0 Å². The third kappa shape index (κ3) is 3.93. The monoisotopic (exact) mass is 350 g/mol. The van der Waals surface area contributed by atoms with Gasteiger partial charge in [-0.2, -0.15) is 0 Å². The van der Waals surface area contributed by atoms with Gasteiger partial charge in [0, 0.05) is 56.3 Å². The molecule has 1 fully saturated rings. The second kappa shape index (κ2) is 7.31. The quantitative estimate of drug-likeness (QED) is 0.812. The summed E-state index contributed by atoms with van der Waals surface area (Å²) < 4.78 is 6.91. The van der Waals surface area contributed by atoms with Crippen molar-refractivity contribution in [3.8, 4) is 0 Å². The number of amides is 1. The molecule has 0 aliphatic carbocycles. The summed E-state index contributed by atoms with van der Waals surface area (Å²) in [5, 5.41) is 5.73. The van der Waals surface area contributed by atoms with E-state index in [2.05, 4.69) is 10.1 Å². The molecule has 0 bridgehead atoms. The Morgan fingerprint density at radius 1 is 1.29 bits per heavy atom. The van der Waals surface area contributed by atoms with E-state index in [-0.39, 0.29) is 10.8 Å². The summed E-state index contributed by atoms with van der Waals surface area (Å²) >= 11 is 1.18. The fourth-order valence-corrected chi connectivity index (χ4v) is 3.67. The molecule has 1 aliphatic heterocycles. The molecule has 8 heteroatoms. The second-order valence-corrected chi connectivity index (χ2v) is 6.96. The van der Waals surface area contributed by atoms with Gasteiger partial charge in [0.15, 0.2) is 5.76 Å². The maximum absolute atomic E-state index is 12.4. The molecular formula is C16H22N4O3S. The molecule has 0 aromatic carbocycles. The third-order valence-corrected chi connectivity index (χ3v) is 5.19. The van der Waals surface area contributed by atoms with Gasteiger partial charge in [-0.15, -0.1) is 0 Å². The predicted molar refractivity (Wildman–Crippen MR) is 91.0 cm³/mol. The molecular weight excluding hydrogens is 328 g/mol. The molecule has 24 heavy (non-hydrogen) atoms. The van der Waals surface area contributed by atoms with Crippen molar-refractivity contribution >= 4 is 17.2 Å². The Morgan fingerprint density at radius 2 is 2.04 bits per heavy atom. The fraction of sp³-hybridized carbons (Fsp3) is 0.562. The van der Waals surface area contributed by atoms with E-state index in [1.165, 1.54) is 11.3 Å². The zero-order valence-corrected chi connectivity index (χ0v) is 14.8. The summed E-state index contributed by atoms with van der Waals surface area (Å²) in [5.41, 5.74) is 1.81. The zero-order valence-electron chi connectivity index (χ0n) is 14.0. The number of aryl methyl sites for hydroxylation is 2. The highest BCUT2D eigenvalue weighted by Gasteiger charge is 2.22. The number of carbonyl (C=O) groups is 1. The zero-order chi connectivity index (χ0) is 17.1. The highest BCUT2D eigenvalue weighted by atomic mass is 32.1. The largest absolute Gasteiger partial charge is 0.360 e. The van der Waals surface area contributed by atoms with Crippen molar-refractivity contribution in [1.82, 2.24) is 19.5 Å². The maximum atomic E-state index is 12.4. The van der Waals surface area contributed by atoms with Crippen LogP contribution in [-0.4, -0.2) is 51.6 Å². The van der Waals surface area contributed by atoms with Crippen molar-refractivity contribution in [1.29, 1.82) is 0 Å². The van der Waals surface area contributed by atoms with E-state index in [1.807, 2.05) is 30.2 Å². The SMILES string of the molecule is Cc1cc(CN2CCN(C(=O)CCn3c(C)csc3=O)CC2)on1. The van der Waals surface area contributed by atoms with Crippen molar-refractivity contribution in [2.24, 2.45) is 0 Å². The van der Waals surface area contributed by atoms with E-state index in [1.54, 1.807) is 4.57 Å². The van der Waals surface area contributed by atoms with Crippen LogP contribution in [-0.2, 0) is 17.9 Å². The molecule has 0 N–H and O–H groups in total. The molecule has 130 valence electrons. The van der Waals surface area contributed by atoms with Crippen LogP contribution in [0.4, 0.5) is 0 Å². The van der Waals surface area contributed by atoms with Gasteiger partial charge in [0.2, 0.25) is 5.91 Å². The average molecular weight is 350 g/mol. The predicted octanol–water partition coefficient (Wildman–Crippen LogP) is 1.25. The molecule has 0 atom stereocenters. The molecule has 1 aliphatic rings. The number of piperazine rings is 1. The highest BCUT2D eigenvalue weighted by molar-refractivity contribution is 7.07. The molecule has 1 saturated heterocycles. The van der Waals surface area contributed by atoms with Crippen LogP contribution in [0.15, 0.2) is 20.8 Å². The van der Waals surface area contributed by atoms with Crippen LogP contribution in [0.2, 0.25) is 0 Å². The Balaban J connectivity index is 1.46. The third-order valence-electron chi connectivity index (χ3n) is 4.31. The standard InChI is InChI=1S/C16H22N4O3S/c1-12-9-14(23-17-12)10-18-5-7-19(8-6-18)15(21)3-4-20-13(2)11-24-16(20)22/h9,11H,3-8,10H2,1-2H3. The Labute approximate surface area is 144 Å². The smallest absolute Gasteiger partial charge is 0.307 e. The van der Waals surface area contributed by atoms with Crippen molar-refractivity contribution in [3.05, 3.63) is 38.3 Å². The van der Waals surface area contributed by atoms with Crippen LogP contribution >= 0.6 is 11.3 Å².